The standard InChI is InChI=1S/C24H34N4O/c1-5-28(6-2)16-10-8-7-9-15-25-20-13-17-27(4)24-19(20)11-12-21-23(24)22(29)14-18-26(21)3/h11-14,17-18H,5-10,15-16H2,1-4H3/p+2. The van der Waals surface area contributed by atoms with E-state index in [0.717, 1.165) is 47.1 Å². The average molecular weight is 397 g/mol. The van der Waals surface area contributed by atoms with Crippen molar-refractivity contribution in [2.24, 2.45) is 14.1 Å². The zero-order valence-corrected chi connectivity index (χ0v) is 18.4. The highest BCUT2D eigenvalue weighted by molar-refractivity contribution is 6.07. The molecule has 0 saturated heterocycles. The van der Waals surface area contributed by atoms with Crippen molar-refractivity contribution in [1.82, 2.24) is 4.90 Å². The first-order valence-electron chi connectivity index (χ1n) is 11.0. The summed E-state index contributed by atoms with van der Waals surface area (Å²) in [6, 6.07) is 8.15. The molecule has 29 heavy (non-hydrogen) atoms. The summed E-state index contributed by atoms with van der Waals surface area (Å²) >= 11 is 0. The maximum Gasteiger partial charge on any atom is 0.232 e. The van der Waals surface area contributed by atoms with Gasteiger partial charge in [0.15, 0.2) is 17.8 Å². The van der Waals surface area contributed by atoms with Crippen molar-refractivity contribution in [1.29, 1.82) is 0 Å². The minimum atomic E-state index is 0.324. The van der Waals surface area contributed by atoms with Gasteiger partial charge in [0.1, 0.15) is 19.8 Å². The Kier molecular flexibility index (Phi) is 7.26. The molecule has 5 heteroatoms. The third kappa shape index (κ3) is 4.78. The molecule has 0 radical (unpaired) electrons. The second-order valence-electron chi connectivity index (χ2n) is 7.88. The maximum absolute atomic E-state index is 10.5. The minimum Gasteiger partial charge on any atom is -0.507 e. The monoisotopic (exact) mass is 396 g/mol. The van der Waals surface area contributed by atoms with Gasteiger partial charge >= 0.3 is 0 Å². The van der Waals surface area contributed by atoms with Crippen molar-refractivity contribution in [3.63, 3.8) is 0 Å². The average Bonchev–Trinajstić information content (AvgIpc) is 2.73. The van der Waals surface area contributed by atoms with Crippen LogP contribution in [-0.4, -0.2) is 36.2 Å². The normalized spacial score (nSPS) is 11.6. The van der Waals surface area contributed by atoms with Crippen molar-refractivity contribution < 1.29 is 14.2 Å². The number of hydrogen-bond donors (Lipinski definition) is 2. The van der Waals surface area contributed by atoms with Crippen LogP contribution in [0.2, 0.25) is 0 Å². The molecule has 0 aliphatic heterocycles. The Morgan fingerprint density at radius 1 is 0.897 bits per heavy atom. The molecule has 2 N–H and O–H groups in total. The van der Waals surface area contributed by atoms with Crippen molar-refractivity contribution in [3.05, 3.63) is 36.7 Å². The molecule has 0 aliphatic carbocycles. The summed E-state index contributed by atoms with van der Waals surface area (Å²) in [6.07, 6.45) is 8.97. The molecule has 3 rings (SSSR count). The number of rotatable bonds is 10. The molecule has 3 aromatic rings. The van der Waals surface area contributed by atoms with Crippen LogP contribution in [0, 0.1) is 0 Å². The van der Waals surface area contributed by atoms with Crippen LogP contribution >= 0.6 is 0 Å². The number of aromatic nitrogens is 2. The Bertz CT molecular complexity index is 966. The molecular weight excluding hydrogens is 360 g/mol. The molecule has 0 aliphatic rings. The molecule has 0 bridgehead atoms. The van der Waals surface area contributed by atoms with Gasteiger partial charge in [-0.2, -0.15) is 0 Å². The Balaban J connectivity index is 1.67. The molecule has 0 fully saturated rings. The summed E-state index contributed by atoms with van der Waals surface area (Å²) in [5.74, 6) is 0.324. The lowest BCUT2D eigenvalue weighted by molar-refractivity contribution is -0.648. The molecule has 1 aromatic carbocycles. The Labute approximate surface area is 174 Å². The van der Waals surface area contributed by atoms with Crippen LogP contribution in [-0.2, 0) is 14.1 Å². The third-order valence-electron chi connectivity index (χ3n) is 5.97. The topological polar surface area (TPSA) is 43.3 Å². The fourth-order valence-corrected chi connectivity index (χ4v) is 4.14. The van der Waals surface area contributed by atoms with Gasteiger partial charge in [-0.25, -0.2) is 9.13 Å². The van der Waals surface area contributed by atoms with Gasteiger partial charge in [-0.1, -0.05) is 26.7 Å². The zero-order chi connectivity index (χ0) is 20.8. The summed E-state index contributed by atoms with van der Waals surface area (Å²) in [5, 5.41) is 16.2. The molecule has 156 valence electrons. The quantitative estimate of drug-likeness (QED) is 0.312. The summed E-state index contributed by atoms with van der Waals surface area (Å²) in [4.78, 5) is 2.49. The fraction of sp³-hybridized carbons (Fsp3) is 0.500. The number of pyridine rings is 2. The first kappa shape index (κ1) is 21.3. The van der Waals surface area contributed by atoms with Gasteiger partial charge in [-0.15, -0.1) is 0 Å². The number of aromatic hydroxyl groups is 1. The summed E-state index contributed by atoms with van der Waals surface area (Å²) < 4.78 is 4.14. The molecule has 0 saturated carbocycles. The fourth-order valence-electron chi connectivity index (χ4n) is 4.14. The second kappa shape index (κ2) is 9.88. The highest BCUT2D eigenvalue weighted by atomic mass is 16.3. The van der Waals surface area contributed by atoms with E-state index in [1.165, 1.54) is 32.2 Å². The summed E-state index contributed by atoms with van der Waals surface area (Å²) in [6.45, 7) is 8.97. The zero-order valence-electron chi connectivity index (χ0n) is 18.4. The van der Waals surface area contributed by atoms with Gasteiger partial charge in [-0.05, 0) is 38.5 Å². The van der Waals surface area contributed by atoms with Crippen LogP contribution in [0.3, 0.4) is 0 Å². The molecule has 0 amide bonds. The van der Waals surface area contributed by atoms with Gasteiger partial charge in [0.25, 0.3) is 0 Å². The van der Waals surface area contributed by atoms with E-state index in [1.54, 1.807) is 6.07 Å². The maximum atomic E-state index is 10.5. The van der Waals surface area contributed by atoms with E-state index in [1.807, 2.05) is 24.9 Å². The first-order valence-corrected chi connectivity index (χ1v) is 11.0. The van der Waals surface area contributed by atoms with Gasteiger partial charge in [-0.3, -0.25) is 0 Å². The smallest absolute Gasteiger partial charge is 0.232 e. The third-order valence-corrected chi connectivity index (χ3v) is 5.97. The number of hydrogen-bond acceptors (Lipinski definition) is 3. The van der Waals surface area contributed by atoms with Crippen molar-refractivity contribution in [2.45, 2.75) is 39.5 Å². The summed E-state index contributed by atoms with van der Waals surface area (Å²) in [7, 11) is 4.05. The lowest BCUT2D eigenvalue weighted by Crippen LogP contribution is -2.32. The molecule has 0 unspecified atom stereocenters. The van der Waals surface area contributed by atoms with E-state index in [0.29, 0.717) is 5.75 Å². The largest absolute Gasteiger partial charge is 0.507 e. The highest BCUT2D eigenvalue weighted by Gasteiger charge is 2.21. The molecule has 0 spiro atoms. The van der Waals surface area contributed by atoms with Gasteiger partial charge in [0.05, 0.1) is 11.1 Å². The minimum absolute atomic E-state index is 0.324. The van der Waals surface area contributed by atoms with Crippen LogP contribution in [0.5, 0.6) is 5.75 Å². The molecular formula is C24H36N4O+2. The van der Waals surface area contributed by atoms with Gasteiger partial charge in [0.2, 0.25) is 11.0 Å². The van der Waals surface area contributed by atoms with E-state index in [4.69, 9.17) is 0 Å². The Morgan fingerprint density at radius 2 is 1.62 bits per heavy atom. The first-order chi connectivity index (χ1) is 14.1. The molecule has 5 nitrogen and oxygen atoms in total. The van der Waals surface area contributed by atoms with Crippen LogP contribution < -0.4 is 14.5 Å². The number of anilines is 1. The number of aryl methyl sites for hydroxylation is 2. The van der Waals surface area contributed by atoms with E-state index in [-0.39, 0.29) is 0 Å². The predicted molar refractivity (Wildman–Crippen MR) is 120 cm³/mol. The predicted octanol–water partition coefficient (Wildman–Crippen LogP) is 3.66. The highest BCUT2D eigenvalue weighted by Crippen LogP contribution is 2.31. The van der Waals surface area contributed by atoms with Crippen LogP contribution in [0.25, 0.3) is 21.8 Å². The van der Waals surface area contributed by atoms with Crippen LogP contribution in [0.1, 0.15) is 39.5 Å². The number of nitrogens with one attached hydrogen (secondary N) is 1. The Hall–Kier alpha value is -2.40. The van der Waals surface area contributed by atoms with Crippen molar-refractivity contribution in [2.75, 3.05) is 31.5 Å². The van der Waals surface area contributed by atoms with E-state index >= 15 is 0 Å². The van der Waals surface area contributed by atoms with Gasteiger partial charge in [0, 0.05) is 24.7 Å². The number of nitrogens with zero attached hydrogens (tertiary/aromatic N) is 3. The Morgan fingerprint density at radius 3 is 2.38 bits per heavy atom. The lowest BCUT2D eigenvalue weighted by atomic mass is 10.1. The van der Waals surface area contributed by atoms with E-state index in [9.17, 15) is 5.11 Å². The van der Waals surface area contributed by atoms with Crippen LogP contribution in [0.15, 0.2) is 36.7 Å². The molecule has 0 atom stereocenters. The number of fused-ring (bicyclic) bond motifs is 3. The molecule has 2 heterocycles. The number of unbranched alkanes of at least 4 members (excludes halogenated alkanes) is 3. The summed E-state index contributed by atoms with van der Waals surface area (Å²) in [5.41, 5.74) is 3.22. The lowest BCUT2D eigenvalue weighted by Gasteiger charge is -2.17. The van der Waals surface area contributed by atoms with Crippen molar-refractivity contribution in [3.8, 4) is 5.75 Å². The van der Waals surface area contributed by atoms with Gasteiger partial charge < -0.3 is 15.3 Å². The van der Waals surface area contributed by atoms with Crippen LogP contribution in [0.4, 0.5) is 5.69 Å². The number of benzene rings is 1. The SMILES string of the molecule is CCN(CC)CCCCCCNc1cc[n+](C)c2c1ccc1c2c(O)cc[n+]1C. The van der Waals surface area contributed by atoms with Crippen molar-refractivity contribution >= 4 is 27.5 Å². The van der Waals surface area contributed by atoms with E-state index < -0.39 is 0 Å². The second-order valence-corrected chi connectivity index (χ2v) is 7.88. The van der Waals surface area contributed by atoms with E-state index in [2.05, 4.69) is 53.0 Å². The molecule has 2 aromatic heterocycles.